The number of imidazole rings is 1. The third kappa shape index (κ3) is 1.43. The van der Waals surface area contributed by atoms with E-state index in [1.54, 1.807) is 4.57 Å². The smallest absolute Gasteiger partial charge is 0.254 e. The third-order valence-electron chi connectivity index (χ3n) is 3.53. The molecule has 0 saturated carbocycles. The zero-order valence-electron chi connectivity index (χ0n) is 10.7. The minimum Gasteiger partial charge on any atom is -0.399 e. The van der Waals surface area contributed by atoms with E-state index in [0.717, 1.165) is 16.7 Å². The highest BCUT2D eigenvalue weighted by Crippen LogP contribution is 2.33. The summed E-state index contributed by atoms with van der Waals surface area (Å²) in [6.45, 7) is 0.303. The molecular formula is C15H12N4O. The van der Waals surface area contributed by atoms with Crippen LogP contribution in [0, 0.1) is 0 Å². The first-order valence-corrected chi connectivity index (χ1v) is 6.38. The molecule has 5 nitrogen and oxygen atoms in total. The number of hydrogen-bond acceptors (Lipinski definition) is 4. The van der Waals surface area contributed by atoms with Crippen LogP contribution in [0.5, 0.6) is 0 Å². The number of nitrogens with zero attached hydrogens (tertiary/aromatic N) is 3. The number of carbonyl (C=O) groups is 1. The van der Waals surface area contributed by atoms with Crippen LogP contribution in [-0.2, 0) is 0 Å². The van der Waals surface area contributed by atoms with Crippen molar-refractivity contribution in [2.24, 2.45) is 0 Å². The Balaban J connectivity index is 1.91. The average Bonchev–Trinajstić information content (AvgIpc) is 2.98. The topological polar surface area (TPSA) is 64.2 Å². The lowest BCUT2D eigenvalue weighted by Gasteiger charge is -2.14. The van der Waals surface area contributed by atoms with Crippen molar-refractivity contribution < 1.29 is 4.79 Å². The second-order valence-corrected chi connectivity index (χ2v) is 4.81. The Morgan fingerprint density at radius 3 is 2.60 bits per heavy atom. The van der Waals surface area contributed by atoms with Gasteiger partial charge in [-0.15, -0.1) is 0 Å². The molecule has 0 aliphatic carbocycles. The lowest BCUT2D eigenvalue weighted by molar-refractivity contribution is 0.0946. The maximum atomic E-state index is 12.2. The number of fused-ring (bicyclic) bond motifs is 3. The van der Waals surface area contributed by atoms with Crippen LogP contribution in [0.1, 0.15) is 4.79 Å². The Bertz CT molecular complexity index is 820. The fourth-order valence-corrected chi connectivity index (χ4v) is 2.58. The van der Waals surface area contributed by atoms with Gasteiger partial charge in [0.1, 0.15) is 6.54 Å². The Hall–Kier alpha value is -2.82. The van der Waals surface area contributed by atoms with E-state index in [9.17, 15) is 4.79 Å². The van der Waals surface area contributed by atoms with Crippen molar-refractivity contribution in [2.45, 2.75) is 0 Å². The van der Waals surface area contributed by atoms with Gasteiger partial charge >= 0.3 is 0 Å². The van der Waals surface area contributed by atoms with Crippen LogP contribution in [0.4, 0.5) is 17.3 Å². The van der Waals surface area contributed by atoms with Crippen molar-refractivity contribution in [2.75, 3.05) is 17.2 Å². The number of benzene rings is 2. The minimum absolute atomic E-state index is 0.0329. The van der Waals surface area contributed by atoms with E-state index in [-0.39, 0.29) is 5.91 Å². The SMILES string of the molecule is Nc1ccc(N2CC(=O)n3c2nc2ccccc23)cc1. The predicted octanol–water partition coefficient (Wildman–Crippen LogP) is 2.41. The van der Waals surface area contributed by atoms with Gasteiger partial charge < -0.3 is 10.6 Å². The second kappa shape index (κ2) is 3.84. The summed E-state index contributed by atoms with van der Waals surface area (Å²) in [7, 11) is 0. The van der Waals surface area contributed by atoms with E-state index >= 15 is 0 Å². The summed E-state index contributed by atoms with van der Waals surface area (Å²) in [5.41, 5.74) is 9.00. The molecule has 2 heterocycles. The summed E-state index contributed by atoms with van der Waals surface area (Å²) < 4.78 is 1.67. The molecule has 2 aromatic carbocycles. The number of nitrogens with two attached hydrogens (primary N) is 1. The van der Waals surface area contributed by atoms with Gasteiger partial charge in [-0.2, -0.15) is 0 Å². The van der Waals surface area contributed by atoms with Gasteiger partial charge in [0.25, 0.3) is 5.91 Å². The summed E-state index contributed by atoms with van der Waals surface area (Å²) in [5.74, 6) is 0.700. The minimum atomic E-state index is 0.0329. The molecule has 20 heavy (non-hydrogen) atoms. The van der Waals surface area contributed by atoms with E-state index < -0.39 is 0 Å². The van der Waals surface area contributed by atoms with Crippen molar-refractivity contribution in [1.29, 1.82) is 0 Å². The van der Waals surface area contributed by atoms with Crippen LogP contribution in [0.3, 0.4) is 0 Å². The summed E-state index contributed by atoms with van der Waals surface area (Å²) in [6, 6.07) is 15.1. The maximum absolute atomic E-state index is 12.2. The average molecular weight is 264 g/mol. The second-order valence-electron chi connectivity index (χ2n) is 4.81. The monoisotopic (exact) mass is 264 g/mol. The van der Waals surface area contributed by atoms with E-state index in [2.05, 4.69) is 4.98 Å². The van der Waals surface area contributed by atoms with Crippen molar-refractivity contribution in [1.82, 2.24) is 9.55 Å². The summed E-state index contributed by atoms with van der Waals surface area (Å²) in [5, 5.41) is 0. The summed E-state index contributed by atoms with van der Waals surface area (Å²) in [4.78, 5) is 18.7. The first-order valence-electron chi connectivity index (χ1n) is 6.38. The molecule has 0 radical (unpaired) electrons. The van der Waals surface area contributed by atoms with Crippen molar-refractivity contribution >= 4 is 34.3 Å². The maximum Gasteiger partial charge on any atom is 0.254 e. The van der Waals surface area contributed by atoms with Crippen LogP contribution in [0.15, 0.2) is 48.5 Å². The van der Waals surface area contributed by atoms with Gasteiger partial charge in [-0.05, 0) is 36.4 Å². The predicted molar refractivity (Wildman–Crippen MR) is 78.2 cm³/mol. The zero-order chi connectivity index (χ0) is 13.7. The molecular weight excluding hydrogens is 252 g/mol. The van der Waals surface area contributed by atoms with E-state index in [4.69, 9.17) is 5.73 Å². The van der Waals surface area contributed by atoms with Crippen molar-refractivity contribution in [3.8, 4) is 0 Å². The van der Waals surface area contributed by atoms with Gasteiger partial charge in [0.15, 0.2) is 0 Å². The largest absolute Gasteiger partial charge is 0.399 e. The number of carbonyl (C=O) groups excluding carboxylic acids is 1. The van der Waals surface area contributed by atoms with Crippen LogP contribution in [-0.4, -0.2) is 22.0 Å². The highest BCUT2D eigenvalue weighted by atomic mass is 16.2. The molecule has 5 heteroatoms. The fourth-order valence-electron chi connectivity index (χ4n) is 2.58. The standard InChI is InChI=1S/C15H12N4O/c16-10-5-7-11(8-6-10)18-9-14(20)19-13-4-2-1-3-12(13)17-15(18)19/h1-8H,9,16H2. The molecule has 1 aliphatic rings. The fraction of sp³-hybridized carbons (Fsp3) is 0.0667. The first-order chi connectivity index (χ1) is 9.74. The van der Waals surface area contributed by atoms with Gasteiger partial charge in [0, 0.05) is 11.4 Å². The van der Waals surface area contributed by atoms with Crippen LogP contribution < -0.4 is 10.6 Å². The highest BCUT2D eigenvalue weighted by Gasteiger charge is 2.30. The number of para-hydroxylation sites is 2. The molecule has 0 saturated heterocycles. The van der Waals surface area contributed by atoms with Crippen molar-refractivity contribution in [3.63, 3.8) is 0 Å². The molecule has 0 atom stereocenters. The molecule has 0 spiro atoms. The van der Waals surface area contributed by atoms with Gasteiger partial charge in [0.05, 0.1) is 11.0 Å². The Kier molecular flexibility index (Phi) is 2.12. The number of nitrogen functional groups attached to an aromatic ring is 1. The van der Waals surface area contributed by atoms with E-state index in [1.807, 2.05) is 53.4 Å². The van der Waals surface area contributed by atoms with E-state index in [0.29, 0.717) is 18.2 Å². The molecule has 98 valence electrons. The number of hydrogen-bond donors (Lipinski definition) is 1. The number of anilines is 3. The third-order valence-corrected chi connectivity index (χ3v) is 3.53. The summed E-state index contributed by atoms with van der Waals surface area (Å²) >= 11 is 0. The highest BCUT2D eigenvalue weighted by molar-refractivity contribution is 6.01. The number of rotatable bonds is 1. The van der Waals surface area contributed by atoms with Gasteiger partial charge in [-0.1, -0.05) is 12.1 Å². The van der Waals surface area contributed by atoms with Gasteiger partial charge in [0.2, 0.25) is 5.95 Å². The molecule has 0 amide bonds. The Labute approximate surface area is 115 Å². The van der Waals surface area contributed by atoms with Crippen molar-refractivity contribution in [3.05, 3.63) is 48.5 Å². The molecule has 1 aliphatic heterocycles. The molecule has 2 N–H and O–H groups in total. The van der Waals surface area contributed by atoms with Gasteiger partial charge in [-0.3, -0.25) is 4.79 Å². The lowest BCUT2D eigenvalue weighted by Crippen LogP contribution is -2.17. The molecule has 0 bridgehead atoms. The number of aromatic nitrogens is 2. The first kappa shape index (κ1) is 11.0. The molecule has 0 unspecified atom stereocenters. The summed E-state index contributed by atoms with van der Waals surface area (Å²) in [6.07, 6.45) is 0. The molecule has 0 fully saturated rings. The zero-order valence-corrected chi connectivity index (χ0v) is 10.7. The molecule has 4 rings (SSSR count). The molecule has 3 aromatic rings. The van der Waals surface area contributed by atoms with Gasteiger partial charge in [-0.25, -0.2) is 9.55 Å². The van der Waals surface area contributed by atoms with E-state index in [1.165, 1.54) is 0 Å². The Morgan fingerprint density at radius 2 is 1.80 bits per heavy atom. The molecule has 1 aromatic heterocycles. The normalized spacial score (nSPS) is 14.0. The Morgan fingerprint density at radius 1 is 1.05 bits per heavy atom. The quantitative estimate of drug-likeness (QED) is 0.685. The van der Waals surface area contributed by atoms with Crippen LogP contribution in [0.25, 0.3) is 11.0 Å². The van der Waals surface area contributed by atoms with Crippen LogP contribution >= 0.6 is 0 Å². The van der Waals surface area contributed by atoms with Crippen LogP contribution in [0.2, 0.25) is 0 Å². The lowest BCUT2D eigenvalue weighted by atomic mass is 10.2.